The topological polar surface area (TPSA) is 54.9 Å². The van der Waals surface area contributed by atoms with Crippen LogP contribution in [0.4, 0.5) is 10.1 Å². The van der Waals surface area contributed by atoms with E-state index in [1.807, 2.05) is 30.5 Å². The van der Waals surface area contributed by atoms with E-state index in [2.05, 4.69) is 14.9 Å². The number of nitrogens with one attached hydrogen (secondary N) is 1. The molecular weight excluding hydrogens is 333 g/mol. The molecule has 0 saturated carbocycles. The van der Waals surface area contributed by atoms with E-state index in [-0.39, 0.29) is 11.7 Å². The summed E-state index contributed by atoms with van der Waals surface area (Å²) in [6.45, 7) is 0. The second-order valence-electron chi connectivity index (χ2n) is 4.61. The Morgan fingerprint density at radius 3 is 2.65 bits per heavy atom. The number of halogens is 1. The molecule has 1 N–H and O–H groups in total. The van der Waals surface area contributed by atoms with E-state index in [1.165, 1.54) is 12.1 Å². The third-order valence-corrected chi connectivity index (χ3v) is 4.69. The van der Waals surface area contributed by atoms with E-state index < -0.39 is 0 Å². The molecule has 7 heteroatoms. The SMILES string of the molecule is CSc1ccccc1NC(=O)c1snnc1-c1ccc(F)cc1. The molecule has 0 fully saturated rings. The standard InChI is InChI=1S/C16H12FN3OS2/c1-22-13-5-3-2-4-12(13)18-16(21)15-14(19-20-23-15)10-6-8-11(17)9-7-10/h2-9H,1H3,(H,18,21). The van der Waals surface area contributed by atoms with Gasteiger partial charge in [-0.15, -0.1) is 16.9 Å². The van der Waals surface area contributed by atoms with Crippen molar-refractivity contribution in [2.45, 2.75) is 4.90 Å². The molecule has 3 aromatic rings. The molecule has 0 bridgehead atoms. The van der Waals surface area contributed by atoms with Crippen molar-refractivity contribution >= 4 is 34.9 Å². The number of carbonyl (C=O) groups excluding carboxylic acids is 1. The van der Waals surface area contributed by atoms with Gasteiger partial charge >= 0.3 is 0 Å². The molecule has 0 unspecified atom stereocenters. The van der Waals surface area contributed by atoms with Crippen LogP contribution in [0.25, 0.3) is 11.3 Å². The Kier molecular flexibility index (Phi) is 4.68. The molecule has 4 nitrogen and oxygen atoms in total. The maximum atomic E-state index is 13.0. The second kappa shape index (κ2) is 6.89. The predicted molar refractivity (Wildman–Crippen MR) is 91.5 cm³/mol. The first-order chi connectivity index (χ1) is 11.2. The highest BCUT2D eigenvalue weighted by Gasteiger charge is 2.18. The van der Waals surface area contributed by atoms with Crippen LogP contribution < -0.4 is 5.32 Å². The van der Waals surface area contributed by atoms with Gasteiger partial charge in [-0.05, 0) is 54.2 Å². The maximum Gasteiger partial charge on any atom is 0.269 e. The zero-order chi connectivity index (χ0) is 16.2. The van der Waals surface area contributed by atoms with Gasteiger partial charge < -0.3 is 5.32 Å². The number of para-hydroxylation sites is 1. The fourth-order valence-corrected chi connectivity index (χ4v) is 3.20. The highest BCUT2D eigenvalue weighted by Crippen LogP contribution is 2.28. The Balaban J connectivity index is 1.89. The first kappa shape index (κ1) is 15.6. The summed E-state index contributed by atoms with van der Waals surface area (Å²) < 4.78 is 16.9. The van der Waals surface area contributed by atoms with Crippen molar-refractivity contribution in [1.29, 1.82) is 0 Å². The Labute approximate surface area is 140 Å². The van der Waals surface area contributed by atoms with Crippen molar-refractivity contribution in [3.8, 4) is 11.3 Å². The molecule has 0 aliphatic rings. The molecule has 0 spiro atoms. The Bertz CT molecular complexity index is 833. The van der Waals surface area contributed by atoms with Crippen molar-refractivity contribution in [2.75, 3.05) is 11.6 Å². The summed E-state index contributed by atoms with van der Waals surface area (Å²) in [5, 5.41) is 6.88. The Morgan fingerprint density at radius 2 is 1.91 bits per heavy atom. The maximum absolute atomic E-state index is 13.0. The molecule has 2 aromatic carbocycles. The van der Waals surface area contributed by atoms with Crippen LogP contribution in [0, 0.1) is 5.82 Å². The fourth-order valence-electron chi connectivity index (χ4n) is 2.06. The number of aromatic nitrogens is 2. The molecule has 0 aliphatic carbocycles. The van der Waals surface area contributed by atoms with E-state index in [0.717, 1.165) is 22.1 Å². The average molecular weight is 345 g/mol. The molecule has 0 saturated heterocycles. The van der Waals surface area contributed by atoms with Crippen LogP contribution >= 0.6 is 23.3 Å². The zero-order valence-corrected chi connectivity index (χ0v) is 13.7. The number of hydrogen-bond donors (Lipinski definition) is 1. The van der Waals surface area contributed by atoms with Crippen molar-refractivity contribution in [1.82, 2.24) is 9.59 Å². The number of carbonyl (C=O) groups is 1. The van der Waals surface area contributed by atoms with Crippen LogP contribution in [0.2, 0.25) is 0 Å². The molecule has 0 atom stereocenters. The number of amides is 1. The number of rotatable bonds is 4. The van der Waals surface area contributed by atoms with Gasteiger partial charge in [-0.25, -0.2) is 4.39 Å². The average Bonchev–Trinajstić information content (AvgIpc) is 3.06. The first-order valence-corrected chi connectivity index (χ1v) is 8.71. The molecule has 1 heterocycles. The van der Waals surface area contributed by atoms with Crippen molar-refractivity contribution < 1.29 is 9.18 Å². The van der Waals surface area contributed by atoms with E-state index >= 15 is 0 Å². The van der Waals surface area contributed by atoms with Gasteiger partial charge in [0.1, 0.15) is 16.4 Å². The smallest absolute Gasteiger partial charge is 0.269 e. The molecule has 3 rings (SSSR count). The third-order valence-electron chi connectivity index (χ3n) is 3.17. The monoisotopic (exact) mass is 345 g/mol. The molecule has 1 aromatic heterocycles. The van der Waals surface area contributed by atoms with Gasteiger partial charge in [-0.2, -0.15) is 0 Å². The summed E-state index contributed by atoms with van der Waals surface area (Å²) in [7, 11) is 0. The third kappa shape index (κ3) is 3.40. The lowest BCUT2D eigenvalue weighted by molar-refractivity contribution is 0.103. The van der Waals surface area contributed by atoms with Gasteiger partial charge in [0.2, 0.25) is 0 Å². The van der Waals surface area contributed by atoms with Gasteiger partial charge in [0.15, 0.2) is 0 Å². The van der Waals surface area contributed by atoms with Crippen LogP contribution in [0.1, 0.15) is 9.67 Å². The zero-order valence-electron chi connectivity index (χ0n) is 12.1. The lowest BCUT2D eigenvalue weighted by atomic mass is 10.1. The van der Waals surface area contributed by atoms with Gasteiger partial charge in [-0.3, -0.25) is 4.79 Å². The normalized spacial score (nSPS) is 10.5. The Morgan fingerprint density at radius 1 is 1.17 bits per heavy atom. The fraction of sp³-hybridized carbons (Fsp3) is 0.0625. The molecule has 23 heavy (non-hydrogen) atoms. The Hall–Kier alpha value is -2.25. The number of thioether (sulfide) groups is 1. The van der Waals surface area contributed by atoms with E-state index in [1.54, 1.807) is 23.9 Å². The predicted octanol–water partition coefficient (Wildman–Crippen LogP) is 4.32. The minimum absolute atomic E-state index is 0.277. The molecule has 0 aliphatic heterocycles. The number of anilines is 1. The van der Waals surface area contributed by atoms with Gasteiger partial charge in [-0.1, -0.05) is 16.6 Å². The summed E-state index contributed by atoms with van der Waals surface area (Å²) in [5.74, 6) is -0.613. The summed E-state index contributed by atoms with van der Waals surface area (Å²) in [6, 6.07) is 13.4. The van der Waals surface area contributed by atoms with Crippen LogP contribution in [0.3, 0.4) is 0 Å². The highest BCUT2D eigenvalue weighted by atomic mass is 32.2. The number of benzene rings is 2. The number of nitrogens with zero attached hydrogens (tertiary/aromatic N) is 2. The largest absolute Gasteiger partial charge is 0.320 e. The summed E-state index contributed by atoms with van der Waals surface area (Å²) in [6.07, 6.45) is 1.95. The van der Waals surface area contributed by atoms with Crippen LogP contribution in [0.5, 0.6) is 0 Å². The summed E-state index contributed by atoms with van der Waals surface area (Å²) >= 11 is 2.57. The molecule has 1 amide bonds. The van der Waals surface area contributed by atoms with Gasteiger partial charge in [0.25, 0.3) is 5.91 Å². The lowest BCUT2D eigenvalue weighted by Gasteiger charge is -2.08. The number of hydrogen-bond acceptors (Lipinski definition) is 5. The minimum Gasteiger partial charge on any atom is -0.320 e. The minimum atomic E-state index is -0.336. The quantitative estimate of drug-likeness (QED) is 0.716. The van der Waals surface area contributed by atoms with Crippen LogP contribution in [0.15, 0.2) is 53.4 Å². The lowest BCUT2D eigenvalue weighted by Crippen LogP contribution is -2.12. The highest BCUT2D eigenvalue weighted by molar-refractivity contribution is 7.98. The second-order valence-corrected chi connectivity index (χ2v) is 6.21. The van der Waals surface area contributed by atoms with E-state index in [4.69, 9.17) is 0 Å². The summed E-state index contributed by atoms with van der Waals surface area (Å²) in [4.78, 5) is 13.9. The van der Waals surface area contributed by atoms with Crippen molar-refractivity contribution in [3.63, 3.8) is 0 Å². The molecule has 116 valence electrons. The van der Waals surface area contributed by atoms with Gasteiger partial charge in [0, 0.05) is 10.5 Å². The van der Waals surface area contributed by atoms with Crippen molar-refractivity contribution in [2.24, 2.45) is 0 Å². The van der Waals surface area contributed by atoms with E-state index in [0.29, 0.717) is 16.1 Å². The van der Waals surface area contributed by atoms with E-state index in [9.17, 15) is 9.18 Å². The first-order valence-electron chi connectivity index (χ1n) is 6.71. The van der Waals surface area contributed by atoms with Crippen molar-refractivity contribution in [3.05, 3.63) is 59.2 Å². The molecular formula is C16H12FN3OS2. The molecule has 0 radical (unpaired) electrons. The van der Waals surface area contributed by atoms with Gasteiger partial charge in [0.05, 0.1) is 5.69 Å². The van der Waals surface area contributed by atoms with Crippen LogP contribution in [-0.2, 0) is 0 Å². The summed E-state index contributed by atoms with van der Waals surface area (Å²) in [5.41, 5.74) is 1.85. The van der Waals surface area contributed by atoms with Crippen LogP contribution in [-0.4, -0.2) is 21.7 Å².